The van der Waals surface area contributed by atoms with Crippen LogP contribution in [-0.2, 0) is 19.2 Å². The quantitative estimate of drug-likeness (QED) is 0.609. The number of rotatable bonds is 6. The SMILES string of the molecule is NS(=O)(=O)OC[C@@H]1CC(c2ccccc2)O[C@H]1c1ccccc1[N+](=O)[O-]. The highest BCUT2D eigenvalue weighted by Gasteiger charge is 2.40. The number of nitrogens with two attached hydrogens (primary N) is 1. The second kappa shape index (κ2) is 7.50. The average molecular weight is 378 g/mol. The van der Waals surface area contributed by atoms with E-state index in [0.29, 0.717) is 12.0 Å². The van der Waals surface area contributed by atoms with E-state index in [0.717, 1.165) is 5.56 Å². The Balaban J connectivity index is 1.93. The molecule has 0 aliphatic carbocycles. The van der Waals surface area contributed by atoms with Crippen LogP contribution in [0.1, 0.15) is 29.8 Å². The van der Waals surface area contributed by atoms with Crippen LogP contribution in [0.2, 0.25) is 0 Å². The van der Waals surface area contributed by atoms with E-state index >= 15 is 0 Å². The molecule has 9 heteroatoms. The summed E-state index contributed by atoms with van der Waals surface area (Å²) in [4.78, 5) is 10.9. The molecule has 0 aromatic heterocycles. The standard InChI is InChI=1S/C17H18N2O6S/c18-26(22,23)24-11-13-10-16(12-6-2-1-3-7-12)25-17(13)14-8-4-5-9-15(14)19(20)21/h1-9,13,16-17H,10-11H2,(H2,18,22,23)/t13-,16?,17+/m0/s1. The van der Waals surface area contributed by atoms with Gasteiger partial charge in [0, 0.05) is 12.0 Å². The molecule has 1 heterocycles. The molecule has 138 valence electrons. The van der Waals surface area contributed by atoms with Crippen LogP contribution < -0.4 is 5.14 Å². The molecule has 1 unspecified atom stereocenters. The molecule has 1 saturated heterocycles. The van der Waals surface area contributed by atoms with Crippen LogP contribution in [0.25, 0.3) is 0 Å². The summed E-state index contributed by atoms with van der Waals surface area (Å²) < 4.78 is 33.2. The zero-order valence-electron chi connectivity index (χ0n) is 13.7. The maximum Gasteiger partial charge on any atom is 0.333 e. The molecule has 0 saturated carbocycles. The first-order valence-electron chi connectivity index (χ1n) is 7.96. The summed E-state index contributed by atoms with van der Waals surface area (Å²) in [5.41, 5.74) is 1.22. The molecule has 0 radical (unpaired) electrons. The fourth-order valence-electron chi connectivity index (χ4n) is 3.18. The van der Waals surface area contributed by atoms with Gasteiger partial charge in [-0.15, -0.1) is 0 Å². The molecule has 0 bridgehead atoms. The number of benzene rings is 2. The van der Waals surface area contributed by atoms with E-state index in [1.807, 2.05) is 30.3 Å². The molecule has 2 aromatic rings. The monoisotopic (exact) mass is 378 g/mol. The minimum Gasteiger partial charge on any atom is -0.365 e. The van der Waals surface area contributed by atoms with E-state index in [2.05, 4.69) is 0 Å². The molecule has 2 aromatic carbocycles. The van der Waals surface area contributed by atoms with Gasteiger partial charge in [-0.2, -0.15) is 8.42 Å². The van der Waals surface area contributed by atoms with E-state index in [9.17, 15) is 18.5 Å². The summed E-state index contributed by atoms with van der Waals surface area (Å²) >= 11 is 0. The van der Waals surface area contributed by atoms with Crippen molar-refractivity contribution in [2.45, 2.75) is 18.6 Å². The molecular formula is C17H18N2O6S. The lowest BCUT2D eigenvalue weighted by atomic mass is 9.92. The zero-order chi connectivity index (χ0) is 18.7. The normalized spacial score (nSPS) is 23.0. The van der Waals surface area contributed by atoms with E-state index < -0.39 is 27.2 Å². The largest absolute Gasteiger partial charge is 0.365 e. The number of hydrogen-bond acceptors (Lipinski definition) is 6. The molecule has 1 fully saturated rings. The topological polar surface area (TPSA) is 122 Å². The van der Waals surface area contributed by atoms with Crippen molar-refractivity contribution in [3.63, 3.8) is 0 Å². The molecule has 26 heavy (non-hydrogen) atoms. The molecule has 1 aliphatic heterocycles. The van der Waals surface area contributed by atoms with Gasteiger partial charge in [-0.25, -0.2) is 5.14 Å². The highest BCUT2D eigenvalue weighted by molar-refractivity contribution is 7.84. The van der Waals surface area contributed by atoms with E-state index in [1.165, 1.54) is 6.07 Å². The van der Waals surface area contributed by atoms with Gasteiger partial charge in [0.05, 0.1) is 29.3 Å². The van der Waals surface area contributed by atoms with Crippen molar-refractivity contribution in [2.24, 2.45) is 11.1 Å². The van der Waals surface area contributed by atoms with Crippen molar-refractivity contribution in [1.82, 2.24) is 0 Å². The molecule has 2 N–H and O–H groups in total. The molecule has 0 spiro atoms. The minimum atomic E-state index is -4.12. The fourth-order valence-corrected chi connectivity index (χ4v) is 3.55. The lowest BCUT2D eigenvalue weighted by Crippen LogP contribution is -2.22. The third kappa shape index (κ3) is 4.25. The predicted molar refractivity (Wildman–Crippen MR) is 93.3 cm³/mol. The lowest BCUT2D eigenvalue weighted by Gasteiger charge is -2.18. The van der Waals surface area contributed by atoms with Crippen molar-refractivity contribution in [3.05, 3.63) is 75.8 Å². The first-order chi connectivity index (χ1) is 12.3. The molecule has 8 nitrogen and oxygen atoms in total. The maximum atomic E-state index is 11.4. The Morgan fingerprint density at radius 1 is 1.15 bits per heavy atom. The Labute approximate surface area is 150 Å². The smallest absolute Gasteiger partial charge is 0.333 e. The van der Waals surface area contributed by atoms with Crippen molar-refractivity contribution < 1.29 is 22.3 Å². The first-order valence-corrected chi connectivity index (χ1v) is 9.43. The van der Waals surface area contributed by atoms with Crippen molar-refractivity contribution in [1.29, 1.82) is 0 Å². The maximum absolute atomic E-state index is 11.4. The van der Waals surface area contributed by atoms with Gasteiger partial charge in [0.2, 0.25) is 0 Å². The van der Waals surface area contributed by atoms with Gasteiger partial charge >= 0.3 is 10.3 Å². The van der Waals surface area contributed by atoms with E-state index in [4.69, 9.17) is 14.1 Å². The highest BCUT2D eigenvalue weighted by Crippen LogP contribution is 2.47. The van der Waals surface area contributed by atoms with Crippen LogP contribution in [0.4, 0.5) is 5.69 Å². The first kappa shape index (κ1) is 18.5. The Kier molecular flexibility index (Phi) is 5.33. The summed E-state index contributed by atoms with van der Waals surface area (Å²) in [6.45, 7) is -0.209. The highest BCUT2D eigenvalue weighted by atomic mass is 32.2. The summed E-state index contributed by atoms with van der Waals surface area (Å²) in [6.07, 6.45) is -0.547. The fraction of sp³-hybridized carbons (Fsp3) is 0.294. The Bertz CT molecular complexity index is 887. The molecule has 0 amide bonds. The van der Waals surface area contributed by atoms with Gasteiger partial charge < -0.3 is 4.74 Å². The number of ether oxygens (including phenoxy) is 1. The summed E-state index contributed by atoms with van der Waals surface area (Å²) in [7, 11) is -4.12. The Hall–Kier alpha value is -2.33. The third-order valence-corrected chi connectivity index (χ3v) is 4.78. The molecule has 3 atom stereocenters. The van der Waals surface area contributed by atoms with E-state index in [1.54, 1.807) is 18.2 Å². The summed E-state index contributed by atoms with van der Waals surface area (Å²) in [5, 5.41) is 16.3. The second-order valence-electron chi connectivity index (χ2n) is 6.05. The van der Waals surface area contributed by atoms with Gasteiger partial charge in [0.15, 0.2) is 0 Å². The lowest BCUT2D eigenvalue weighted by molar-refractivity contribution is -0.386. The Morgan fingerprint density at radius 2 is 1.81 bits per heavy atom. The number of para-hydroxylation sites is 1. The molecule has 1 aliphatic rings. The zero-order valence-corrected chi connectivity index (χ0v) is 14.5. The minimum absolute atomic E-state index is 0.0770. The van der Waals surface area contributed by atoms with Gasteiger partial charge in [0.25, 0.3) is 5.69 Å². The van der Waals surface area contributed by atoms with Crippen LogP contribution in [-0.4, -0.2) is 19.9 Å². The average Bonchev–Trinajstić information content (AvgIpc) is 3.04. The number of hydrogen-bond donors (Lipinski definition) is 1. The van der Waals surface area contributed by atoms with Crippen molar-refractivity contribution >= 4 is 16.0 Å². The van der Waals surface area contributed by atoms with Gasteiger partial charge in [0.1, 0.15) is 0 Å². The Morgan fingerprint density at radius 3 is 2.46 bits per heavy atom. The van der Waals surface area contributed by atoms with Crippen LogP contribution in [0.15, 0.2) is 54.6 Å². The molecular weight excluding hydrogens is 360 g/mol. The number of nitro benzene ring substituents is 1. The summed E-state index contributed by atoms with van der Waals surface area (Å²) in [6, 6.07) is 15.7. The van der Waals surface area contributed by atoms with Crippen molar-refractivity contribution in [3.8, 4) is 0 Å². The number of nitrogens with zero attached hydrogens (tertiary/aromatic N) is 1. The van der Waals surface area contributed by atoms with Gasteiger partial charge in [-0.3, -0.25) is 14.3 Å². The van der Waals surface area contributed by atoms with Crippen LogP contribution >= 0.6 is 0 Å². The summed E-state index contributed by atoms with van der Waals surface area (Å²) in [5.74, 6) is -0.403. The van der Waals surface area contributed by atoms with Crippen molar-refractivity contribution in [2.75, 3.05) is 6.61 Å². The van der Waals surface area contributed by atoms with Crippen LogP contribution in [0.5, 0.6) is 0 Å². The van der Waals surface area contributed by atoms with Gasteiger partial charge in [-0.1, -0.05) is 42.5 Å². The number of nitro groups is 1. The van der Waals surface area contributed by atoms with Crippen LogP contribution in [0, 0.1) is 16.0 Å². The van der Waals surface area contributed by atoms with Crippen LogP contribution in [0.3, 0.4) is 0 Å². The third-order valence-electron chi connectivity index (χ3n) is 4.31. The second-order valence-corrected chi connectivity index (χ2v) is 7.27. The van der Waals surface area contributed by atoms with E-state index in [-0.39, 0.29) is 18.4 Å². The predicted octanol–water partition coefficient (Wildman–Crippen LogP) is 2.63. The molecule has 3 rings (SSSR count). The van der Waals surface area contributed by atoms with Gasteiger partial charge in [-0.05, 0) is 18.1 Å².